The van der Waals surface area contributed by atoms with Crippen LogP contribution in [-0.4, -0.2) is 23.1 Å². The van der Waals surface area contributed by atoms with E-state index >= 15 is 0 Å². The minimum atomic E-state index is 0.358. The molecule has 1 fully saturated rings. The van der Waals surface area contributed by atoms with Crippen LogP contribution in [0.1, 0.15) is 51.5 Å². The van der Waals surface area contributed by atoms with E-state index in [0.717, 1.165) is 30.4 Å². The van der Waals surface area contributed by atoms with Crippen molar-refractivity contribution in [3.63, 3.8) is 0 Å². The van der Waals surface area contributed by atoms with Crippen LogP contribution in [0.5, 0.6) is 0 Å². The third-order valence-electron chi connectivity index (χ3n) is 3.86. The lowest BCUT2D eigenvalue weighted by atomic mass is 9.85. The third kappa shape index (κ3) is 2.57. The molecule has 2 rings (SSSR count). The number of nitrogens with two attached hydrogens (primary N) is 1. The van der Waals surface area contributed by atoms with Crippen LogP contribution in [0.3, 0.4) is 0 Å². The highest BCUT2D eigenvalue weighted by Crippen LogP contribution is 2.32. The molecule has 0 bridgehead atoms. The molecule has 0 spiro atoms. The summed E-state index contributed by atoms with van der Waals surface area (Å²) in [5.41, 5.74) is 7.11. The number of aromatic nitrogens is 2. The third-order valence-corrected chi connectivity index (χ3v) is 3.86. The lowest BCUT2D eigenvalue weighted by Gasteiger charge is -2.33. The van der Waals surface area contributed by atoms with Crippen LogP contribution in [0.25, 0.3) is 0 Å². The highest BCUT2D eigenvalue weighted by Gasteiger charge is 2.23. The first-order chi connectivity index (χ1) is 8.63. The second kappa shape index (κ2) is 5.55. The van der Waals surface area contributed by atoms with Crippen LogP contribution in [0.15, 0.2) is 6.33 Å². The van der Waals surface area contributed by atoms with E-state index in [1.54, 1.807) is 6.33 Å². The first-order valence-electron chi connectivity index (χ1n) is 6.98. The maximum atomic E-state index is 6.01. The quantitative estimate of drug-likeness (QED) is 0.870. The molecule has 0 atom stereocenters. The summed E-state index contributed by atoms with van der Waals surface area (Å²) in [6.07, 6.45) is 5.67. The number of hydrogen-bond acceptors (Lipinski definition) is 4. The summed E-state index contributed by atoms with van der Waals surface area (Å²) in [6, 6.07) is 0. The molecule has 0 saturated heterocycles. The Morgan fingerprint density at radius 1 is 1.39 bits per heavy atom. The standard InChI is InChI=1S/C14H24N4/c1-4-18(8-11-6-5-7-11)14-12(10(2)3)13(15)16-9-17-14/h9-11H,4-8H2,1-3H3,(H2,15,16,17). The molecular weight excluding hydrogens is 224 g/mol. The van der Waals surface area contributed by atoms with Crippen molar-refractivity contribution in [1.82, 2.24) is 9.97 Å². The second-order valence-corrected chi connectivity index (χ2v) is 5.49. The first-order valence-corrected chi connectivity index (χ1v) is 6.98. The summed E-state index contributed by atoms with van der Waals surface area (Å²) in [5, 5.41) is 0. The van der Waals surface area contributed by atoms with Gasteiger partial charge in [0.15, 0.2) is 0 Å². The van der Waals surface area contributed by atoms with Crippen LogP contribution in [0, 0.1) is 5.92 Å². The molecule has 4 nitrogen and oxygen atoms in total. The van der Waals surface area contributed by atoms with Crippen LogP contribution >= 0.6 is 0 Å². The molecule has 2 N–H and O–H groups in total. The van der Waals surface area contributed by atoms with Gasteiger partial charge in [0.25, 0.3) is 0 Å². The van der Waals surface area contributed by atoms with Gasteiger partial charge in [0.05, 0.1) is 0 Å². The molecule has 1 aliphatic carbocycles. The minimum Gasteiger partial charge on any atom is -0.383 e. The molecule has 0 aromatic carbocycles. The maximum Gasteiger partial charge on any atom is 0.137 e. The van der Waals surface area contributed by atoms with Gasteiger partial charge >= 0.3 is 0 Å². The summed E-state index contributed by atoms with van der Waals surface area (Å²) in [6.45, 7) is 8.56. The molecule has 1 aromatic heterocycles. The zero-order valence-electron chi connectivity index (χ0n) is 11.7. The van der Waals surface area contributed by atoms with Crippen molar-refractivity contribution in [3.05, 3.63) is 11.9 Å². The highest BCUT2D eigenvalue weighted by atomic mass is 15.2. The smallest absolute Gasteiger partial charge is 0.137 e. The van der Waals surface area contributed by atoms with Crippen molar-refractivity contribution in [2.45, 2.75) is 46.0 Å². The molecule has 1 aliphatic rings. The van der Waals surface area contributed by atoms with Gasteiger partial charge in [0, 0.05) is 18.7 Å². The summed E-state index contributed by atoms with van der Waals surface area (Å²) in [4.78, 5) is 11.0. The molecule has 1 saturated carbocycles. The van der Waals surface area contributed by atoms with Crippen molar-refractivity contribution >= 4 is 11.6 Å². The average Bonchev–Trinajstić information content (AvgIpc) is 2.27. The molecule has 100 valence electrons. The average molecular weight is 248 g/mol. The zero-order valence-corrected chi connectivity index (χ0v) is 11.7. The van der Waals surface area contributed by atoms with Crippen LogP contribution in [0.2, 0.25) is 0 Å². The van der Waals surface area contributed by atoms with E-state index in [4.69, 9.17) is 5.73 Å². The maximum absolute atomic E-state index is 6.01. The Morgan fingerprint density at radius 2 is 2.11 bits per heavy atom. The molecule has 0 aliphatic heterocycles. The fourth-order valence-electron chi connectivity index (χ4n) is 2.56. The van der Waals surface area contributed by atoms with E-state index in [-0.39, 0.29) is 0 Å². The minimum absolute atomic E-state index is 0.358. The Hall–Kier alpha value is -1.32. The summed E-state index contributed by atoms with van der Waals surface area (Å²) >= 11 is 0. The Bertz CT molecular complexity index is 399. The summed E-state index contributed by atoms with van der Waals surface area (Å²) < 4.78 is 0. The Labute approximate surface area is 110 Å². The molecule has 0 amide bonds. The van der Waals surface area contributed by atoms with Crippen LogP contribution < -0.4 is 10.6 Å². The topological polar surface area (TPSA) is 55.0 Å². The first kappa shape index (κ1) is 13.1. The van der Waals surface area contributed by atoms with E-state index in [1.807, 2.05) is 0 Å². The van der Waals surface area contributed by atoms with Crippen molar-refractivity contribution in [1.29, 1.82) is 0 Å². The highest BCUT2D eigenvalue weighted by molar-refractivity contribution is 5.58. The van der Waals surface area contributed by atoms with Crippen molar-refractivity contribution < 1.29 is 0 Å². The summed E-state index contributed by atoms with van der Waals surface area (Å²) in [5.74, 6) is 2.85. The Balaban J connectivity index is 2.25. The van der Waals surface area contributed by atoms with E-state index in [2.05, 4.69) is 35.6 Å². The number of anilines is 2. The molecule has 1 heterocycles. The van der Waals surface area contributed by atoms with Gasteiger partial charge in [-0.05, 0) is 31.6 Å². The monoisotopic (exact) mass is 248 g/mol. The van der Waals surface area contributed by atoms with Crippen molar-refractivity contribution in [2.24, 2.45) is 5.92 Å². The van der Waals surface area contributed by atoms with Gasteiger partial charge in [-0.15, -0.1) is 0 Å². The fourth-order valence-corrected chi connectivity index (χ4v) is 2.56. The number of hydrogen-bond donors (Lipinski definition) is 1. The number of rotatable bonds is 5. The van der Waals surface area contributed by atoms with Crippen LogP contribution in [0.4, 0.5) is 11.6 Å². The molecule has 0 unspecified atom stereocenters. The molecule has 0 radical (unpaired) electrons. The fraction of sp³-hybridized carbons (Fsp3) is 0.714. The van der Waals surface area contributed by atoms with Gasteiger partial charge in [-0.2, -0.15) is 0 Å². The lowest BCUT2D eigenvalue weighted by molar-refractivity contribution is 0.318. The summed E-state index contributed by atoms with van der Waals surface area (Å²) in [7, 11) is 0. The number of nitrogens with zero attached hydrogens (tertiary/aromatic N) is 3. The normalized spacial score (nSPS) is 15.8. The molecule has 4 heteroatoms. The van der Waals surface area contributed by atoms with E-state index in [0.29, 0.717) is 11.7 Å². The molecule has 18 heavy (non-hydrogen) atoms. The van der Waals surface area contributed by atoms with Crippen molar-refractivity contribution in [2.75, 3.05) is 23.7 Å². The molecule has 1 aromatic rings. The predicted octanol–water partition coefficient (Wildman–Crippen LogP) is 2.81. The molecular formula is C14H24N4. The van der Waals surface area contributed by atoms with Gasteiger partial charge < -0.3 is 10.6 Å². The van der Waals surface area contributed by atoms with E-state index in [1.165, 1.54) is 19.3 Å². The van der Waals surface area contributed by atoms with Gasteiger partial charge in [-0.25, -0.2) is 9.97 Å². The largest absolute Gasteiger partial charge is 0.383 e. The van der Waals surface area contributed by atoms with Gasteiger partial charge in [-0.3, -0.25) is 0 Å². The lowest BCUT2D eigenvalue weighted by Crippen LogP contribution is -2.34. The van der Waals surface area contributed by atoms with Gasteiger partial charge in [0.2, 0.25) is 0 Å². The zero-order chi connectivity index (χ0) is 13.1. The van der Waals surface area contributed by atoms with Gasteiger partial charge in [-0.1, -0.05) is 20.3 Å². The predicted molar refractivity (Wildman–Crippen MR) is 75.8 cm³/mol. The number of nitrogen functional groups attached to an aromatic ring is 1. The van der Waals surface area contributed by atoms with Crippen molar-refractivity contribution in [3.8, 4) is 0 Å². The van der Waals surface area contributed by atoms with E-state index < -0.39 is 0 Å². The van der Waals surface area contributed by atoms with Gasteiger partial charge in [0.1, 0.15) is 18.0 Å². The Morgan fingerprint density at radius 3 is 2.61 bits per heavy atom. The Kier molecular flexibility index (Phi) is 4.04. The second-order valence-electron chi connectivity index (χ2n) is 5.49. The van der Waals surface area contributed by atoms with E-state index in [9.17, 15) is 0 Å². The van der Waals surface area contributed by atoms with Crippen LogP contribution in [-0.2, 0) is 0 Å². The SMILES string of the molecule is CCN(CC1CCC1)c1ncnc(N)c1C(C)C.